The first-order valence-electron chi connectivity index (χ1n) is 6.58. The number of anilines is 1. The number of carbonyl (C=O) groups excluding carboxylic acids is 1. The minimum Gasteiger partial charge on any atom is -0.326 e. The van der Waals surface area contributed by atoms with Crippen molar-refractivity contribution in [3.8, 4) is 0 Å². The zero-order valence-electron chi connectivity index (χ0n) is 12.0. The molecule has 0 radical (unpaired) electrons. The SMILES string of the molecule is Cc1ccc(CC(=O)Nc2ccc(Br)c(C)c2)c(C)c1. The van der Waals surface area contributed by atoms with Crippen LogP contribution in [-0.4, -0.2) is 5.91 Å². The van der Waals surface area contributed by atoms with Gasteiger partial charge in [-0.25, -0.2) is 0 Å². The molecule has 3 heteroatoms. The fourth-order valence-corrected chi connectivity index (χ4v) is 2.39. The summed E-state index contributed by atoms with van der Waals surface area (Å²) in [5.74, 6) is 0.0127. The van der Waals surface area contributed by atoms with Crippen LogP contribution in [0.15, 0.2) is 40.9 Å². The number of aryl methyl sites for hydroxylation is 3. The molecule has 0 saturated carbocycles. The quantitative estimate of drug-likeness (QED) is 0.877. The Balaban J connectivity index is 2.07. The van der Waals surface area contributed by atoms with Gasteiger partial charge in [-0.15, -0.1) is 0 Å². The summed E-state index contributed by atoms with van der Waals surface area (Å²) in [5.41, 5.74) is 5.39. The third-order valence-corrected chi connectivity index (χ3v) is 4.18. The molecule has 1 amide bonds. The van der Waals surface area contributed by atoms with Gasteiger partial charge in [0.15, 0.2) is 0 Å². The maximum Gasteiger partial charge on any atom is 0.228 e. The van der Waals surface area contributed by atoms with Crippen molar-refractivity contribution in [3.63, 3.8) is 0 Å². The minimum atomic E-state index is 0.0127. The Kier molecular flexibility index (Phi) is 4.61. The molecular weight excluding hydrogens is 314 g/mol. The molecule has 0 unspecified atom stereocenters. The first kappa shape index (κ1) is 14.8. The fourth-order valence-electron chi connectivity index (χ4n) is 2.14. The minimum absolute atomic E-state index is 0.0127. The number of carbonyl (C=O) groups is 1. The summed E-state index contributed by atoms with van der Waals surface area (Å²) >= 11 is 3.45. The van der Waals surface area contributed by atoms with Gasteiger partial charge in [-0.1, -0.05) is 39.7 Å². The molecule has 0 heterocycles. The van der Waals surface area contributed by atoms with Gasteiger partial charge in [-0.05, 0) is 55.7 Å². The standard InChI is InChI=1S/C17H18BrNO/c1-11-4-5-14(12(2)8-11)10-17(20)19-15-6-7-16(18)13(3)9-15/h4-9H,10H2,1-3H3,(H,19,20). The predicted octanol–water partition coefficient (Wildman–Crippen LogP) is 4.56. The summed E-state index contributed by atoms with van der Waals surface area (Å²) in [5, 5.41) is 2.94. The van der Waals surface area contributed by atoms with Gasteiger partial charge in [0, 0.05) is 10.2 Å². The molecule has 0 bridgehead atoms. The topological polar surface area (TPSA) is 29.1 Å². The van der Waals surface area contributed by atoms with E-state index >= 15 is 0 Å². The van der Waals surface area contributed by atoms with Gasteiger partial charge in [0.25, 0.3) is 0 Å². The number of hydrogen-bond donors (Lipinski definition) is 1. The van der Waals surface area contributed by atoms with Gasteiger partial charge in [0.05, 0.1) is 6.42 Å². The van der Waals surface area contributed by atoms with Crippen molar-refractivity contribution in [2.24, 2.45) is 0 Å². The average Bonchev–Trinajstić information content (AvgIpc) is 2.37. The highest BCUT2D eigenvalue weighted by Gasteiger charge is 2.07. The Morgan fingerprint density at radius 1 is 1.05 bits per heavy atom. The molecular formula is C17H18BrNO. The van der Waals surface area contributed by atoms with Crippen molar-refractivity contribution in [2.75, 3.05) is 5.32 Å². The first-order valence-corrected chi connectivity index (χ1v) is 7.37. The molecule has 0 atom stereocenters. The molecule has 2 rings (SSSR count). The van der Waals surface area contributed by atoms with Crippen LogP contribution in [0.5, 0.6) is 0 Å². The Morgan fingerprint density at radius 3 is 2.45 bits per heavy atom. The molecule has 0 aliphatic carbocycles. The Hall–Kier alpha value is -1.61. The van der Waals surface area contributed by atoms with E-state index in [1.807, 2.05) is 44.2 Å². The van der Waals surface area contributed by atoms with E-state index in [2.05, 4.69) is 34.2 Å². The van der Waals surface area contributed by atoms with E-state index < -0.39 is 0 Å². The molecule has 20 heavy (non-hydrogen) atoms. The van der Waals surface area contributed by atoms with Crippen LogP contribution in [0.25, 0.3) is 0 Å². The lowest BCUT2D eigenvalue weighted by Gasteiger charge is -2.09. The summed E-state index contributed by atoms with van der Waals surface area (Å²) in [6, 6.07) is 12.0. The van der Waals surface area contributed by atoms with E-state index in [1.54, 1.807) is 0 Å². The zero-order valence-corrected chi connectivity index (χ0v) is 13.5. The van der Waals surface area contributed by atoms with Crippen LogP contribution in [0.4, 0.5) is 5.69 Å². The molecule has 0 spiro atoms. The second-order valence-corrected chi connectivity index (χ2v) is 5.97. The van der Waals surface area contributed by atoms with Gasteiger partial charge >= 0.3 is 0 Å². The molecule has 0 fully saturated rings. The maximum absolute atomic E-state index is 12.1. The molecule has 0 saturated heterocycles. The van der Waals surface area contributed by atoms with Crippen LogP contribution in [0, 0.1) is 20.8 Å². The van der Waals surface area contributed by atoms with Gasteiger partial charge in [-0.2, -0.15) is 0 Å². The number of rotatable bonds is 3. The van der Waals surface area contributed by atoms with Gasteiger partial charge in [-0.3, -0.25) is 4.79 Å². The summed E-state index contributed by atoms with van der Waals surface area (Å²) in [6.45, 7) is 6.10. The lowest BCUT2D eigenvalue weighted by atomic mass is 10.0. The van der Waals surface area contributed by atoms with Gasteiger partial charge in [0.1, 0.15) is 0 Å². The lowest BCUT2D eigenvalue weighted by Crippen LogP contribution is -2.15. The van der Waals surface area contributed by atoms with E-state index in [4.69, 9.17) is 0 Å². The van der Waals surface area contributed by atoms with Crippen molar-refractivity contribution in [1.29, 1.82) is 0 Å². The molecule has 0 aliphatic heterocycles. The number of hydrogen-bond acceptors (Lipinski definition) is 1. The van der Waals surface area contributed by atoms with Crippen LogP contribution in [0.3, 0.4) is 0 Å². The predicted molar refractivity (Wildman–Crippen MR) is 87.1 cm³/mol. The third-order valence-electron chi connectivity index (χ3n) is 3.29. The molecule has 0 aromatic heterocycles. The van der Waals surface area contributed by atoms with E-state index in [0.29, 0.717) is 6.42 Å². The van der Waals surface area contributed by atoms with Crippen LogP contribution >= 0.6 is 15.9 Å². The van der Waals surface area contributed by atoms with E-state index in [0.717, 1.165) is 26.9 Å². The maximum atomic E-state index is 12.1. The third kappa shape index (κ3) is 3.70. The lowest BCUT2D eigenvalue weighted by molar-refractivity contribution is -0.115. The molecule has 2 aromatic rings. The molecule has 0 aliphatic rings. The van der Waals surface area contributed by atoms with Crippen LogP contribution < -0.4 is 5.32 Å². The second kappa shape index (κ2) is 6.23. The number of nitrogens with one attached hydrogen (secondary N) is 1. The average molecular weight is 332 g/mol. The van der Waals surface area contributed by atoms with Crippen molar-refractivity contribution in [3.05, 3.63) is 63.1 Å². The van der Waals surface area contributed by atoms with Crippen molar-refractivity contribution in [1.82, 2.24) is 0 Å². The number of benzene rings is 2. The Bertz CT molecular complexity index is 649. The van der Waals surface area contributed by atoms with Gasteiger partial charge < -0.3 is 5.32 Å². The monoisotopic (exact) mass is 331 g/mol. The smallest absolute Gasteiger partial charge is 0.228 e. The highest BCUT2D eigenvalue weighted by molar-refractivity contribution is 9.10. The molecule has 1 N–H and O–H groups in total. The normalized spacial score (nSPS) is 10.4. The number of amides is 1. The van der Waals surface area contributed by atoms with E-state index in [1.165, 1.54) is 5.56 Å². The summed E-state index contributed by atoms with van der Waals surface area (Å²) < 4.78 is 1.05. The molecule has 2 aromatic carbocycles. The fraction of sp³-hybridized carbons (Fsp3) is 0.235. The Morgan fingerprint density at radius 2 is 1.80 bits per heavy atom. The largest absolute Gasteiger partial charge is 0.326 e. The van der Waals surface area contributed by atoms with E-state index in [9.17, 15) is 4.79 Å². The first-order chi connectivity index (χ1) is 9.45. The highest BCUT2D eigenvalue weighted by atomic mass is 79.9. The van der Waals surface area contributed by atoms with Crippen LogP contribution in [0.1, 0.15) is 22.3 Å². The zero-order chi connectivity index (χ0) is 14.7. The summed E-state index contributed by atoms with van der Waals surface area (Å²) in [4.78, 5) is 12.1. The Labute approximate surface area is 128 Å². The van der Waals surface area contributed by atoms with Gasteiger partial charge in [0.2, 0.25) is 5.91 Å². The van der Waals surface area contributed by atoms with Crippen molar-refractivity contribution < 1.29 is 4.79 Å². The van der Waals surface area contributed by atoms with E-state index in [-0.39, 0.29) is 5.91 Å². The van der Waals surface area contributed by atoms with Crippen LogP contribution in [0.2, 0.25) is 0 Å². The van der Waals surface area contributed by atoms with Crippen LogP contribution in [-0.2, 0) is 11.2 Å². The number of halogens is 1. The highest BCUT2D eigenvalue weighted by Crippen LogP contribution is 2.20. The molecule has 104 valence electrons. The van der Waals surface area contributed by atoms with Crippen molar-refractivity contribution in [2.45, 2.75) is 27.2 Å². The second-order valence-electron chi connectivity index (χ2n) is 5.12. The molecule has 2 nitrogen and oxygen atoms in total. The van der Waals surface area contributed by atoms with Crippen molar-refractivity contribution >= 4 is 27.5 Å². The summed E-state index contributed by atoms with van der Waals surface area (Å²) in [6.07, 6.45) is 0.404. The summed E-state index contributed by atoms with van der Waals surface area (Å²) in [7, 11) is 0.